The summed E-state index contributed by atoms with van der Waals surface area (Å²) in [6.45, 7) is 9.75. The lowest BCUT2D eigenvalue weighted by molar-refractivity contribution is -0.244. The molecule has 0 spiro atoms. The number of amides is 3. The number of hydrogen-bond donors (Lipinski definition) is 6. The molecule has 26 nitrogen and oxygen atoms in total. The van der Waals surface area contributed by atoms with Gasteiger partial charge in [-0.15, -0.1) is 45.3 Å². The fourth-order valence-electron chi connectivity index (χ4n) is 11.3. The number of hydrogen-bond acceptors (Lipinski definition) is 28. The average Bonchev–Trinajstić information content (AvgIpc) is 1.00. The van der Waals surface area contributed by atoms with Crippen molar-refractivity contribution < 1.29 is 39.2 Å². The van der Waals surface area contributed by atoms with Gasteiger partial charge in [0.1, 0.15) is 5.75 Å². The predicted molar refractivity (Wildman–Crippen MR) is 471 cm³/mol. The number of nitrogens with zero attached hydrogens (tertiary/aromatic N) is 14. The normalized spacial score (nSPS) is 12.8. The Hall–Kier alpha value is -8.89. The monoisotopic (exact) mass is 1880 g/mol. The lowest BCUT2D eigenvalue weighted by Crippen LogP contribution is -2.49. The van der Waals surface area contributed by atoms with Crippen LogP contribution in [0.15, 0.2) is 204 Å². The number of carbonyl (C=O) groups excluding carboxylic acids is 4. The fourth-order valence-corrected chi connectivity index (χ4v) is 17.4. The molecule has 2 fully saturated rings. The van der Waals surface area contributed by atoms with Crippen LogP contribution in [0.25, 0.3) is 42.3 Å². The average molecular weight is 1890 g/mol. The number of likely N-dealkylation sites (N-methyl/N-ethyl adjacent to an activating group) is 1. The molecule has 114 heavy (non-hydrogen) atoms. The predicted octanol–water partition coefficient (Wildman–Crippen LogP) is 17.3. The molecular formula is C79H80Br4N18O8S5. The number of rotatable bonds is 25. The second kappa shape index (κ2) is 43.2. The summed E-state index contributed by atoms with van der Waals surface area (Å²) >= 11 is 21.5. The number of phenols is 1. The van der Waals surface area contributed by atoms with Crippen LogP contribution < -0.4 is 21.3 Å². The van der Waals surface area contributed by atoms with Crippen LogP contribution in [-0.2, 0) is 9.62 Å². The van der Waals surface area contributed by atoms with Gasteiger partial charge in [-0.3, -0.25) is 34.2 Å². The van der Waals surface area contributed by atoms with E-state index in [-0.39, 0.29) is 40.8 Å². The summed E-state index contributed by atoms with van der Waals surface area (Å²) < 4.78 is 9.17. The molecule has 0 saturated carbocycles. The minimum absolute atomic E-state index is 0.000173. The molecule has 14 rings (SSSR count). The summed E-state index contributed by atoms with van der Waals surface area (Å²) in [4.78, 5) is 106. The molecule has 10 heterocycles. The largest absolute Gasteiger partial charge is 0.507 e. The number of thiophene rings is 4. The number of nitrogens with one attached hydrogen (secondary N) is 4. The van der Waals surface area contributed by atoms with E-state index in [1.54, 1.807) is 116 Å². The lowest BCUT2D eigenvalue weighted by Gasteiger charge is -2.35. The fraction of sp³-hybridized carbons (Fsp3) is 0.241. The minimum atomic E-state index is -0.278. The van der Waals surface area contributed by atoms with Crippen molar-refractivity contribution in [1.82, 2.24) is 69.3 Å². The highest BCUT2D eigenvalue weighted by atomic mass is 79.9. The number of anilines is 8. The van der Waals surface area contributed by atoms with Crippen LogP contribution >= 0.6 is 121 Å². The van der Waals surface area contributed by atoms with E-state index < -0.39 is 0 Å². The van der Waals surface area contributed by atoms with Gasteiger partial charge in [0, 0.05) is 163 Å². The van der Waals surface area contributed by atoms with Crippen molar-refractivity contribution in [2.24, 2.45) is 0 Å². The molecule has 0 bridgehead atoms. The number of aromatic nitrogens is 8. The molecular weight excluding hydrogens is 1810 g/mol. The summed E-state index contributed by atoms with van der Waals surface area (Å²) in [5, 5.41) is 31.1. The number of phenolic OH excluding ortho intramolecular Hbond substituents is 1. The smallest absolute Gasteiger partial charge is 0.257 e. The van der Waals surface area contributed by atoms with Gasteiger partial charge in [0.25, 0.3) is 17.7 Å². The molecule has 0 radical (unpaired) electrons. The zero-order chi connectivity index (χ0) is 80.5. The van der Waals surface area contributed by atoms with Gasteiger partial charge in [0.05, 0.1) is 76.2 Å². The van der Waals surface area contributed by atoms with E-state index in [0.29, 0.717) is 78.2 Å². The number of aromatic hydroxyl groups is 1. The number of piperazine rings is 2. The molecule has 2 aliphatic rings. The Bertz CT molecular complexity index is 5180. The Kier molecular flexibility index (Phi) is 32.6. The number of benzene rings is 4. The maximum absolute atomic E-state index is 12.9. The van der Waals surface area contributed by atoms with Gasteiger partial charge in [0.2, 0.25) is 28.9 Å². The molecule has 2 aliphatic heterocycles. The Morgan fingerprint density at radius 3 is 1.26 bits per heavy atom. The van der Waals surface area contributed by atoms with Crippen molar-refractivity contribution in [3.63, 3.8) is 0 Å². The highest BCUT2D eigenvalue weighted by molar-refractivity contribution is 9.11. The molecule has 8 aromatic heterocycles. The van der Waals surface area contributed by atoms with E-state index in [1.165, 1.54) is 22.7 Å². The molecule has 12 aromatic rings. The molecule has 3 amide bonds. The lowest BCUT2D eigenvalue weighted by atomic mass is 10.1. The van der Waals surface area contributed by atoms with E-state index in [0.717, 1.165) is 127 Å². The molecule has 592 valence electrons. The van der Waals surface area contributed by atoms with Gasteiger partial charge < -0.3 is 50.7 Å². The Labute approximate surface area is 714 Å². The van der Waals surface area contributed by atoms with Crippen molar-refractivity contribution in [1.29, 1.82) is 0 Å². The summed E-state index contributed by atoms with van der Waals surface area (Å²) in [5.41, 5.74) is 8.53. The van der Waals surface area contributed by atoms with Crippen molar-refractivity contribution in [3.05, 3.63) is 226 Å². The quantitative estimate of drug-likeness (QED) is 0.0134. The van der Waals surface area contributed by atoms with Crippen LogP contribution in [0.2, 0.25) is 0 Å². The molecule has 4 aromatic carbocycles. The summed E-state index contributed by atoms with van der Waals surface area (Å²) in [5.74, 6) is 2.28. The number of carbonyl (C=O) groups is 4. The molecule has 0 atom stereocenters. The zero-order valence-electron chi connectivity index (χ0n) is 62.5. The first-order chi connectivity index (χ1) is 55.2. The first kappa shape index (κ1) is 86.0. The third-order valence-corrected chi connectivity index (χ3v) is 24.6. The molecule has 6 N–H and O–H groups in total. The van der Waals surface area contributed by atoms with E-state index >= 15 is 0 Å². The van der Waals surface area contributed by atoms with Crippen molar-refractivity contribution in [3.8, 4) is 48.0 Å². The third-order valence-electron chi connectivity index (χ3n) is 17.1. The highest BCUT2D eigenvalue weighted by Gasteiger charge is 2.25. The Balaban J connectivity index is 0.000000151. The second-order valence-electron chi connectivity index (χ2n) is 25.7. The standard InChI is InChI=1S/C23H27BrN6OS.C21H22BrN5O3S.C18H16BrN3O2S2.C17H15BrN4O2S/c1-28(2)11-12-29-13-15-30(16-14-29)22(31)17-3-5-18(6-4-17)26-23-25-10-9-19(27-23)20-7-8-21(24)32-20;22-19-5-4-18(31-19)17-6-7-23-21(25-17)24-16-3-1-2-15(14-16)20(28)27-10-8-26(9-11-27)12-13-30-29;1-24-9-10-25-17(23)12-3-2-4-13(11-12)21-18-20-8-7-14(22-18)15-5-6-16(19)26-15;1-22(2)16(24)11-9-10(3-4-13(11)23)20-17-19-8-7-12(21-17)14-5-6-15(18)25-14/h3-10H,11-16H2,1-2H3,(H,25,26,27);1-7,14,29H,8-13H2,(H,23,24,25);2-8,11H,9-10H2,1H3,(H,20,21,22);3-9,23H,1-2H3,(H,19,20,21). The van der Waals surface area contributed by atoms with E-state index in [1.807, 2.05) is 143 Å². The Morgan fingerprint density at radius 1 is 0.465 bits per heavy atom. The summed E-state index contributed by atoms with van der Waals surface area (Å²) in [6.07, 6.45) is 6.85. The third kappa shape index (κ3) is 25.8. The molecule has 35 heteroatoms. The van der Waals surface area contributed by atoms with Crippen molar-refractivity contribution in [2.45, 2.75) is 0 Å². The van der Waals surface area contributed by atoms with E-state index in [9.17, 15) is 24.3 Å². The van der Waals surface area contributed by atoms with Crippen molar-refractivity contribution in [2.75, 3.05) is 148 Å². The van der Waals surface area contributed by atoms with Gasteiger partial charge >= 0.3 is 0 Å². The summed E-state index contributed by atoms with van der Waals surface area (Å²) in [7, 11) is 9.06. The first-order valence-electron chi connectivity index (χ1n) is 35.6. The van der Waals surface area contributed by atoms with Gasteiger partial charge in [-0.25, -0.2) is 44.8 Å². The molecule has 0 aliphatic carbocycles. The van der Waals surface area contributed by atoms with Crippen LogP contribution in [0.3, 0.4) is 0 Å². The molecule has 2 saturated heterocycles. The maximum atomic E-state index is 12.9. The van der Waals surface area contributed by atoms with Crippen molar-refractivity contribution >= 4 is 190 Å². The van der Waals surface area contributed by atoms with Crippen LogP contribution in [0.5, 0.6) is 5.75 Å². The minimum Gasteiger partial charge on any atom is -0.507 e. The first-order valence-corrected chi connectivity index (χ1v) is 43.0. The number of methoxy groups -OCH3 is 1. The topological polar surface area (TPSA) is 298 Å². The second-order valence-corrected chi connectivity index (χ2v) is 36.6. The highest BCUT2D eigenvalue weighted by Crippen LogP contribution is 2.36. The van der Waals surface area contributed by atoms with Gasteiger partial charge in [-0.1, -0.05) is 30.0 Å². The zero-order valence-corrected chi connectivity index (χ0v) is 72.9. The van der Waals surface area contributed by atoms with Crippen LogP contribution in [0.1, 0.15) is 41.4 Å². The van der Waals surface area contributed by atoms with Crippen LogP contribution in [-0.4, -0.2) is 229 Å². The SMILES string of the molecule is CN(C)C(=O)c1cc(Nc2nccc(-c3ccc(Br)s3)n2)ccc1O.CN(C)CCN1CCN(C(=O)c2ccc(Nc3nccc(-c4ccc(Br)s4)n3)cc2)CC1.COCCSC(=O)c1cccc(Nc2nccc(-c3ccc(Br)s3)n2)c1.O=C(c1cccc(Nc2nccc(-c3ccc(Br)s3)n2)c1)N1CCN(CCOO)CC1. The van der Waals surface area contributed by atoms with Gasteiger partial charge in [-0.05, 0) is 223 Å². The van der Waals surface area contributed by atoms with Gasteiger partial charge in [0.15, 0.2) is 0 Å². The Morgan fingerprint density at radius 2 is 0.860 bits per heavy atom. The summed E-state index contributed by atoms with van der Waals surface area (Å²) in [6, 6.07) is 50.4. The molecule has 0 unspecified atom stereocenters. The maximum Gasteiger partial charge on any atom is 0.257 e. The van der Waals surface area contributed by atoms with Gasteiger partial charge in [-0.2, -0.15) is 0 Å². The number of ether oxygens (including phenoxy) is 1. The van der Waals surface area contributed by atoms with Crippen LogP contribution in [0, 0.1) is 0 Å². The van der Waals surface area contributed by atoms with E-state index in [2.05, 4.69) is 159 Å². The number of halogens is 4. The van der Waals surface area contributed by atoms with Crippen LogP contribution in [0.4, 0.5) is 46.5 Å². The van der Waals surface area contributed by atoms with E-state index in [4.69, 9.17) is 9.99 Å². The number of thioether (sulfide) groups is 1.